The summed E-state index contributed by atoms with van der Waals surface area (Å²) in [5.74, 6) is -0.112. The summed E-state index contributed by atoms with van der Waals surface area (Å²) in [6.07, 6.45) is 0.896. The van der Waals surface area contributed by atoms with E-state index in [4.69, 9.17) is 10.6 Å². The molecule has 1 amide bonds. The number of anilines is 1. The summed E-state index contributed by atoms with van der Waals surface area (Å²) in [5.41, 5.74) is 7.95. The molecule has 4 heteroatoms. The highest BCUT2D eigenvalue weighted by atomic mass is 16.7. The van der Waals surface area contributed by atoms with E-state index in [0.717, 1.165) is 12.0 Å². The molecule has 1 heterocycles. The Kier molecular flexibility index (Phi) is 2.60. The summed E-state index contributed by atoms with van der Waals surface area (Å²) < 4.78 is 0. The third-order valence-electron chi connectivity index (χ3n) is 2.51. The zero-order valence-electron chi connectivity index (χ0n) is 8.69. The van der Waals surface area contributed by atoms with Crippen molar-refractivity contribution in [3.8, 4) is 0 Å². The maximum absolute atomic E-state index is 11.9. The number of carbonyl (C=O) groups is 1. The van der Waals surface area contributed by atoms with Crippen LogP contribution in [0.2, 0.25) is 0 Å². The largest absolute Gasteiger partial charge is 0.398 e. The highest BCUT2D eigenvalue weighted by molar-refractivity contribution is 5.94. The number of hydrogen-bond donors (Lipinski definition) is 1. The smallest absolute Gasteiger partial charge is 0.277 e. The second-order valence-electron chi connectivity index (χ2n) is 3.67. The van der Waals surface area contributed by atoms with Gasteiger partial charge in [0.05, 0.1) is 13.2 Å². The van der Waals surface area contributed by atoms with Gasteiger partial charge in [0.2, 0.25) is 0 Å². The van der Waals surface area contributed by atoms with E-state index >= 15 is 0 Å². The Hall–Kier alpha value is -1.55. The van der Waals surface area contributed by atoms with Crippen molar-refractivity contribution in [2.24, 2.45) is 0 Å². The maximum Gasteiger partial charge on any atom is 0.277 e. The fourth-order valence-corrected chi connectivity index (χ4v) is 1.53. The van der Waals surface area contributed by atoms with Crippen molar-refractivity contribution in [1.29, 1.82) is 0 Å². The first-order valence-corrected chi connectivity index (χ1v) is 4.99. The normalized spacial score (nSPS) is 15.7. The fourth-order valence-electron chi connectivity index (χ4n) is 1.53. The van der Waals surface area contributed by atoms with Crippen LogP contribution >= 0.6 is 0 Å². The summed E-state index contributed by atoms with van der Waals surface area (Å²) in [5, 5.41) is 1.39. The number of benzene rings is 1. The minimum atomic E-state index is -0.112. The van der Waals surface area contributed by atoms with Crippen molar-refractivity contribution in [3.05, 3.63) is 29.3 Å². The summed E-state index contributed by atoms with van der Waals surface area (Å²) in [7, 11) is 0. The molecule has 2 rings (SSSR count). The molecule has 1 fully saturated rings. The second kappa shape index (κ2) is 3.90. The molecule has 80 valence electrons. The van der Waals surface area contributed by atoms with Crippen molar-refractivity contribution in [3.63, 3.8) is 0 Å². The summed E-state index contributed by atoms with van der Waals surface area (Å²) in [4.78, 5) is 17.0. The molecule has 0 saturated carbocycles. The van der Waals surface area contributed by atoms with Crippen LogP contribution in [0.1, 0.15) is 22.3 Å². The third kappa shape index (κ3) is 1.94. The van der Waals surface area contributed by atoms with Crippen LogP contribution in [0.25, 0.3) is 0 Å². The van der Waals surface area contributed by atoms with E-state index in [2.05, 4.69) is 0 Å². The highest BCUT2D eigenvalue weighted by Gasteiger charge is 2.20. The Balaban J connectivity index is 2.21. The average molecular weight is 206 g/mol. The van der Waals surface area contributed by atoms with Crippen LogP contribution in [0, 0.1) is 6.92 Å². The van der Waals surface area contributed by atoms with Crippen LogP contribution in [0.15, 0.2) is 18.2 Å². The maximum atomic E-state index is 11.9. The van der Waals surface area contributed by atoms with Gasteiger partial charge in [0.25, 0.3) is 5.91 Å². The van der Waals surface area contributed by atoms with Crippen LogP contribution in [0.3, 0.4) is 0 Å². The van der Waals surface area contributed by atoms with Gasteiger partial charge in [0.1, 0.15) is 0 Å². The monoisotopic (exact) mass is 206 g/mol. The molecule has 1 saturated heterocycles. The van der Waals surface area contributed by atoms with Gasteiger partial charge < -0.3 is 5.73 Å². The topological polar surface area (TPSA) is 55.6 Å². The Morgan fingerprint density at radius 2 is 2.33 bits per heavy atom. The number of rotatable bonds is 1. The van der Waals surface area contributed by atoms with E-state index in [0.29, 0.717) is 24.4 Å². The Morgan fingerprint density at radius 1 is 1.53 bits per heavy atom. The molecular formula is C11H14N2O2. The molecule has 0 aliphatic carbocycles. The first-order valence-electron chi connectivity index (χ1n) is 4.99. The van der Waals surface area contributed by atoms with Crippen molar-refractivity contribution in [1.82, 2.24) is 5.06 Å². The number of nitrogens with two attached hydrogens (primary N) is 1. The van der Waals surface area contributed by atoms with Crippen LogP contribution < -0.4 is 5.73 Å². The van der Waals surface area contributed by atoms with E-state index in [1.54, 1.807) is 12.1 Å². The van der Waals surface area contributed by atoms with Crippen molar-refractivity contribution in [2.75, 3.05) is 18.9 Å². The van der Waals surface area contributed by atoms with Gasteiger partial charge in [0, 0.05) is 11.3 Å². The summed E-state index contributed by atoms with van der Waals surface area (Å²) in [6, 6.07) is 5.31. The molecule has 1 aliphatic heterocycles. The van der Waals surface area contributed by atoms with Gasteiger partial charge in [-0.1, -0.05) is 6.07 Å². The van der Waals surface area contributed by atoms with Crippen LogP contribution in [0.5, 0.6) is 0 Å². The lowest BCUT2D eigenvalue weighted by Gasteiger charge is -2.14. The lowest BCUT2D eigenvalue weighted by atomic mass is 10.1. The molecule has 0 unspecified atom stereocenters. The molecule has 1 aromatic carbocycles. The van der Waals surface area contributed by atoms with Gasteiger partial charge in [0.15, 0.2) is 0 Å². The zero-order chi connectivity index (χ0) is 10.8. The predicted molar refractivity (Wildman–Crippen MR) is 57.2 cm³/mol. The zero-order valence-corrected chi connectivity index (χ0v) is 8.69. The lowest BCUT2D eigenvalue weighted by molar-refractivity contribution is -0.0768. The number of hydroxylamine groups is 2. The van der Waals surface area contributed by atoms with Crippen molar-refractivity contribution < 1.29 is 9.63 Å². The van der Waals surface area contributed by atoms with E-state index in [1.165, 1.54) is 5.06 Å². The molecule has 4 nitrogen and oxygen atoms in total. The van der Waals surface area contributed by atoms with Crippen molar-refractivity contribution in [2.45, 2.75) is 13.3 Å². The molecule has 1 aliphatic rings. The standard InChI is InChI=1S/C11H14N2O2/c1-8-3-4-9(7-10(8)12)11(14)13-5-2-6-15-13/h3-4,7H,2,5-6,12H2,1H3. The number of hydrogen-bond acceptors (Lipinski definition) is 3. The Labute approximate surface area is 88.6 Å². The van der Waals surface area contributed by atoms with Crippen LogP contribution in [0.4, 0.5) is 5.69 Å². The minimum Gasteiger partial charge on any atom is -0.398 e. The number of amides is 1. The quantitative estimate of drug-likeness (QED) is 0.706. The average Bonchev–Trinajstić information content (AvgIpc) is 2.74. The van der Waals surface area contributed by atoms with Gasteiger partial charge >= 0.3 is 0 Å². The lowest BCUT2D eigenvalue weighted by Crippen LogP contribution is -2.26. The van der Waals surface area contributed by atoms with E-state index in [1.807, 2.05) is 13.0 Å². The van der Waals surface area contributed by atoms with E-state index in [-0.39, 0.29) is 5.91 Å². The molecule has 0 spiro atoms. The number of carbonyl (C=O) groups excluding carboxylic acids is 1. The van der Waals surface area contributed by atoms with E-state index in [9.17, 15) is 4.79 Å². The molecule has 0 radical (unpaired) electrons. The van der Waals surface area contributed by atoms with Crippen LogP contribution in [-0.2, 0) is 4.84 Å². The van der Waals surface area contributed by atoms with Gasteiger partial charge in [-0.05, 0) is 31.0 Å². The number of nitrogens with zero attached hydrogens (tertiary/aromatic N) is 1. The number of nitrogen functional groups attached to an aromatic ring is 1. The Bertz CT molecular complexity index is 384. The van der Waals surface area contributed by atoms with Gasteiger partial charge in [-0.2, -0.15) is 0 Å². The molecular weight excluding hydrogens is 192 g/mol. The SMILES string of the molecule is Cc1ccc(C(=O)N2CCCO2)cc1N. The Morgan fingerprint density at radius 3 is 2.93 bits per heavy atom. The van der Waals surface area contributed by atoms with Gasteiger partial charge in [-0.15, -0.1) is 0 Å². The molecule has 0 atom stereocenters. The predicted octanol–water partition coefficient (Wildman–Crippen LogP) is 1.35. The summed E-state index contributed by atoms with van der Waals surface area (Å²) >= 11 is 0. The van der Waals surface area contributed by atoms with Crippen LogP contribution in [-0.4, -0.2) is 24.1 Å². The van der Waals surface area contributed by atoms with Gasteiger partial charge in [-0.3, -0.25) is 9.63 Å². The summed E-state index contributed by atoms with van der Waals surface area (Å²) in [6.45, 7) is 3.19. The van der Waals surface area contributed by atoms with Gasteiger partial charge in [-0.25, -0.2) is 5.06 Å². The molecule has 0 aromatic heterocycles. The molecule has 1 aromatic rings. The molecule has 0 bridgehead atoms. The third-order valence-corrected chi connectivity index (χ3v) is 2.51. The highest BCUT2D eigenvalue weighted by Crippen LogP contribution is 2.16. The molecule has 15 heavy (non-hydrogen) atoms. The molecule has 2 N–H and O–H groups in total. The van der Waals surface area contributed by atoms with E-state index < -0.39 is 0 Å². The number of aryl methyl sites for hydroxylation is 1. The fraction of sp³-hybridized carbons (Fsp3) is 0.364. The second-order valence-corrected chi connectivity index (χ2v) is 3.67. The first-order chi connectivity index (χ1) is 7.18. The van der Waals surface area contributed by atoms with Crippen molar-refractivity contribution >= 4 is 11.6 Å². The minimum absolute atomic E-state index is 0.112. The first kappa shape index (κ1) is 9.98.